The molecular formula is C11H18N4O. The summed E-state index contributed by atoms with van der Waals surface area (Å²) < 4.78 is 1.97. The molecule has 0 saturated carbocycles. The van der Waals surface area contributed by atoms with E-state index < -0.39 is 0 Å². The van der Waals surface area contributed by atoms with Gasteiger partial charge in [0.2, 0.25) is 5.91 Å². The number of aromatic nitrogens is 2. The van der Waals surface area contributed by atoms with Crippen LogP contribution < -0.4 is 10.6 Å². The summed E-state index contributed by atoms with van der Waals surface area (Å²) in [7, 11) is 0. The lowest BCUT2D eigenvalue weighted by atomic mass is 9.99. The maximum atomic E-state index is 11.6. The van der Waals surface area contributed by atoms with Crippen LogP contribution >= 0.6 is 0 Å². The predicted molar refractivity (Wildman–Crippen MR) is 60.8 cm³/mol. The van der Waals surface area contributed by atoms with Crippen LogP contribution in [0, 0.1) is 5.92 Å². The van der Waals surface area contributed by atoms with Crippen molar-refractivity contribution in [2.75, 3.05) is 13.1 Å². The van der Waals surface area contributed by atoms with Gasteiger partial charge < -0.3 is 15.2 Å². The highest BCUT2D eigenvalue weighted by molar-refractivity contribution is 5.76. The molecule has 88 valence electrons. The van der Waals surface area contributed by atoms with Crippen LogP contribution in [0.3, 0.4) is 0 Å². The van der Waals surface area contributed by atoms with Crippen molar-refractivity contribution < 1.29 is 4.79 Å². The molecule has 0 aliphatic carbocycles. The van der Waals surface area contributed by atoms with E-state index in [9.17, 15) is 4.79 Å². The third-order valence-corrected chi connectivity index (χ3v) is 2.79. The second-order valence-electron chi connectivity index (χ2n) is 4.46. The average Bonchev–Trinajstić information content (AvgIpc) is 2.63. The normalized spacial score (nSPS) is 17.8. The fraction of sp³-hybridized carbons (Fsp3) is 0.636. The summed E-state index contributed by atoms with van der Waals surface area (Å²) in [6.07, 6.45) is 6.05. The van der Waals surface area contributed by atoms with E-state index in [1.807, 2.05) is 17.7 Å². The number of hydrogen-bond acceptors (Lipinski definition) is 3. The predicted octanol–water partition coefficient (Wildman–Crippen LogP) is -0.00270. The summed E-state index contributed by atoms with van der Waals surface area (Å²) in [6.45, 7) is 4.73. The van der Waals surface area contributed by atoms with Crippen molar-refractivity contribution in [1.29, 1.82) is 0 Å². The van der Waals surface area contributed by atoms with E-state index in [2.05, 4.69) is 15.6 Å². The number of imidazole rings is 1. The summed E-state index contributed by atoms with van der Waals surface area (Å²) in [5.74, 6) is 0.680. The largest absolute Gasteiger partial charge is 0.352 e. The molecule has 1 atom stereocenters. The first-order chi connectivity index (χ1) is 7.74. The summed E-state index contributed by atoms with van der Waals surface area (Å²) in [5.41, 5.74) is 0. The zero-order valence-electron chi connectivity index (χ0n) is 9.52. The molecule has 0 aromatic carbocycles. The molecule has 1 aromatic heterocycles. The van der Waals surface area contributed by atoms with E-state index in [1.54, 1.807) is 12.5 Å². The molecule has 1 aromatic rings. The van der Waals surface area contributed by atoms with Crippen molar-refractivity contribution in [3.8, 4) is 0 Å². The third kappa shape index (κ3) is 3.06. The van der Waals surface area contributed by atoms with E-state index in [1.165, 1.54) is 0 Å². The van der Waals surface area contributed by atoms with Gasteiger partial charge in [0.15, 0.2) is 0 Å². The van der Waals surface area contributed by atoms with Gasteiger partial charge in [-0.1, -0.05) is 0 Å². The van der Waals surface area contributed by atoms with Crippen LogP contribution in [0.4, 0.5) is 0 Å². The van der Waals surface area contributed by atoms with Gasteiger partial charge in [0.05, 0.1) is 6.33 Å². The first-order valence-corrected chi connectivity index (χ1v) is 5.70. The zero-order valence-corrected chi connectivity index (χ0v) is 9.52. The van der Waals surface area contributed by atoms with Crippen LogP contribution in [-0.2, 0) is 11.3 Å². The molecule has 0 radical (unpaired) electrons. The summed E-state index contributed by atoms with van der Waals surface area (Å²) >= 11 is 0. The van der Waals surface area contributed by atoms with Crippen LogP contribution in [-0.4, -0.2) is 34.6 Å². The van der Waals surface area contributed by atoms with Gasteiger partial charge in [-0.05, 0) is 25.9 Å². The van der Waals surface area contributed by atoms with Crippen molar-refractivity contribution >= 4 is 5.91 Å². The van der Waals surface area contributed by atoms with Crippen molar-refractivity contribution in [1.82, 2.24) is 20.2 Å². The fourth-order valence-electron chi connectivity index (χ4n) is 1.85. The van der Waals surface area contributed by atoms with E-state index in [0.717, 1.165) is 19.6 Å². The van der Waals surface area contributed by atoms with E-state index in [-0.39, 0.29) is 11.9 Å². The molecule has 0 bridgehead atoms. The topological polar surface area (TPSA) is 59.0 Å². The minimum Gasteiger partial charge on any atom is -0.352 e. The Kier molecular flexibility index (Phi) is 3.56. The molecule has 1 amide bonds. The highest BCUT2D eigenvalue weighted by Gasteiger charge is 2.20. The van der Waals surface area contributed by atoms with Gasteiger partial charge in [-0.25, -0.2) is 4.98 Å². The van der Waals surface area contributed by atoms with Gasteiger partial charge >= 0.3 is 0 Å². The standard InChI is InChI=1S/C11H18N4O/c1-9(7-15-3-2-12-8-15)14-11(16)4-10-5-13-6-10/h2-3,8-10,13H,4-7H2,1H3,(H,14,16). The number of rotatable bonds is 5. The summed E-state index contributed by atoms with van der Waals surface area (Å²) in [5, 5.41) is 6.17. The van der Waals surface area contributed by atoms with Gasteiger partial charge in [0.25, 0.3) is 0 Å². The molecular weight excluding hydrogens is 204 g/mol. The van der Waals surface area contributed by atoms with Crippen LogP contribution in [0.1, 0.15) is 13.3 Å². The quantitative estimate of drug-likeness (QED) is 0.737. The monoisotopic (exact) mass is 222 g/mol. The maximum absolute atomic E-state index is 11.6. The van der Waals surface area contributed by atoms with E-state index in [0.29, 0.717) is 12.3 Å². The Morgan fingerprint density at radius 2 is 2.50 bits per heavy atom. The molecule has 1 aliphatic rings. The lowest BCUT2D eigenvalue weighted by Gasteiger charge is -2.27. The van der Waals surface area contributed by atoms with Crippen molar-refractivity contribution in [2.24, 2.45) is 5.92 Å². The van der Waals surface area contributed by atoms with Gasteiger partial charge in [0, 0.05) is 31.4 Å². The van der Waals surface area contributed by atoms with Gasteiger partial charge in [-0.3, -0.25) is 4.79 Å². The van der Waals surface area contributed by atoms with E-state index in [4.69, 9.17) is 0 Å². The number of amides is 1. The average molecular weight is 222 g/mol. The number of carbonyl (C=O) groups excluding carboxylic acids is 1. The molecule has 5 nitrogen and oxygen atoms in total. The van der Waals surface area contributed by atoms with Gasteiger partial charge in [-0.15, -0.1) is 0 Å². The smallest absolute Gasteiger partial charge is 0.220 e. The number of nitrogens with one attached hydrogen (secondary N) is 2. The first kappa shape index (κ1) is 11.1. The molecule has 1 saturated heterocycles. The van der Waals surface area contributed by atoms with Crippen molar-refractivity contribution in [3.63, 3.8) is 0 Å². The lowest BCUT2D eigenvalue weighted by molar-refractivity contribution is -0.123. The third-order valence-electron chi connectivity index (χ3n) is 2.79. The first-order valence-electron chi connectivity index (χ1n) is 5.70. The molecule has 2 heterocycles. The Balaban J connectivity index is 1.69. The summed E-state index contributed by atoms with van der Waals surface area (Å²) in [4.78, 5) is 15.6. The Morgan fingerprint density at radius 3 is 3.06 bits per heavy atom. The Morgan fingerprint density at radius 1 is 1.69 bits per heavy atom. The molecule has 2 N–H and O–H groups in total. The minimum atomic E-state index is 0.148. The number of carbonyl (C=O) groups is 1. The number of hydrogen-bond donors (Lipinski definition) is 2. The minimum absolute atomic E-state index is 0.148. The van der Waals surface area contributed by atoms with Crippen LogP contribution in [0.5, 0.6) is 0 Å². The van der Waals surface area contributed by atoms with Crippen molar-refractivity contribution in [2.45, 2.75) is 25.9 Å². The fourth-order valence-corrected chi connectivity index (χ4v) is 1.85. The van der Waals surface area contributed by atoms with Gasteiger partial charge in [0.1, 0.15) is 0 Å². The highest BCUT2D eigenvalue weighted by atomic mass is 16.1. The second-order valence-corrected chi connectivity index (χ2v) is 4.46. The molecule has 1 aliphatic heterocycles. The Hall–Kier alpha value is -1.36. The maximum Gasteiger partial charge on any atom is 0.220 e. The second kappa shape index (κ2) is 5.12. The molecule has 1 fully saturated rings. The number of nitrogens with zero attached hydrogens (tertiary/aromatic N) is 2. The Labute approximate surface area is 95.2 Å². The van der Waals surface area contributed by atoms with Gasteiger partial charge in [-0.2, -0.15) is 0 Å². The van der Waals surface area contributed by atoms with Crippen LogP contribution in [0.25, 0.3) is 0 Å². The van der Waals surface area contributed by atoms with Crippen LogP contribution in [0.2, 0.25) is 0 Å². The van der Waals surface area contributed by atoms with Crippen molar-refractivity contribution in [3.05, 3.63) is 18.7 Å². The molecule has 16 heavy (non-hydrogen) atoms. The zero-order chi connectivity index (χ0) is 11.4. The highest BCUT2D eigenvalue weighted by Crippen LogP contribution is 2.07. The Bertz CT molecular complexity index is 332. The van der Waals surface area contributed by atoms with E-state index >= 15 is 0 Å². The molecule has 2 rings (SSSR count). The SMILES string of the molecule is CC(Cn1ccnc1)NC(=O)CC1CNC1. The molecule has 1 unspecified atom stereocenters. The lowest BCUT2D eigenvalue weighted by Crippen LogP contribution is -2.46. The summed E-state index contributed by atoms with van der Waals surface area (Å²) in [6, 6.07) is 0.148. The molecule has 5 heteroatoms. The van der Waals surface area contributed by atoms with Crippen LogP contribution in [0.15, 0.2) is 18.7 Å². The molecule has 0 spiro atoms.